The fourth-order valence-electron chi connectivity index (χ4n) is 2.40. The van der Waals surface area contributed by atoms with Crippen molar-refractivity contribution in [3.63, 3.8) is 0 Å². The zero-order valence-corrected chi connectivity index (χ0v) is 11.1. The first kappa shape index (κ1) is 13.3. The number of nitrogens with one attached hydrogen (secondary N) is 1. The number of aromatic nitrogens is 2. The second-order valence-corrected chi connectivity index (χ2v) is 5.22. The van der Waals surface area contributed by atoms with E-state index in [0.29, 0.717) is 23.3 Å². The highest BCUT2D eigenvalue weighted by Gasteiger charge is 2.16. The van der Waals surface area contributed by atoms with Gasteiger partial charge in [-0.1, -0.05) is 37.3 Å². The van der Waals surface area contributed by atoms with Gasteiger partial charge in [0.2, 0.25) is 5.91 Å². The van der Waals surface area contributed by atoms with Crippen molar-refractivity contribution >= 4 is 23.3 Å². The first-order valence-corrected chi connectivity index (χ1v) is 6.89. The fourth-order valence-corrected chi connectivity index (χ4v) is 2.50. The summed E-state index contributed by atoms with van der Waals surface area (Å²) in [5.41, 5.74) is 0. The smallest absolute Gasteiger partial charge is 0.225 e. The molecule has 1 aliphatic carbocycles. The Bertz CT molecular complexity index is 386. The van der Waals surface area contributed by atoms with Crippen LogP contribution in [0.2, 0.25) is 5.15 Å². The van der Waals surface area contributed by atoms with E-state index in [1.807, 2.05) is 0 Å². The Labute approximate surface area is 112 Å². The van der Waals surface area contributed by atoms with Crippen molar-refractivity contribution in [3.05, 3.63) is 17.5 Å². The van der Waals surface area contributed by atoms with Crippen molar-refractivity contribution in [2.45, 2.75) is 44.9 Å². The highest BCUT2D eigenvalue weighted by atomic mass is 35.5. The fraction of sp³-hybridized carbons (Fsp3) is 0.615. The van der Waals surface area contributed by atoms with Crippen molar-refractivity contribution in [3.8, 4) is 0 Å². The van der Waals surface area contributed by atoms with E-state index in [1.165, 1.54) is 50.9 Å². The zero-order valence-electron chi connectivity index (χ0n) is 10.4. The third-order valence-electron chi connectivity index (χ3n) is 3.34. The van der Waals surface area contributed by atoms with Crippen LogP contribution in [0.25, 0.3) is 0 Å². The van der Waals surface area contributed by atoms with Gasteiger partial charge in [-0.3, -0.25) is 4.79 Å². The maximum Gasteiger partial charge on any atom is 0.225 e. The minimum atomic E-state index is 0.0264. The van der Waals surface area contributed by atoms with Crippen molar-refractivity contribution < 1.29 is 4.79 Å². The van der Waals surface area contributed by atoms with Gasteiger partial charge in [0, 0.05) is 6.42 Å². The lowest BCUT2D eigenvalue weighted by Gasteiger charge is -2.13. The van der Waals surface area contributed by atoms with Gasteiger partial charge in [0.05, 0.1) is 12.4 Å². The van der Waals surface area contributed by atoms with E-state index in [0.717, 1.165) is 0 Å². The number of carbonyl (C=O) groups is 1. The second-order valence-electron chi connectivity index (χ2n) is 4.83. The van der Waals surface area contributed by atoms with Crippen LogP contribution >= 0.6 is 11.6 Å². The van der Waals surface area contributed by atoms with E-state index >= 15 is 0 Å². The third-order valence-corrected chi connectivity index (χ3v) is 3.53. The molecule has 1 aliphatic rings. The quantitative estimate of drug-likeness (QED) is 0.854. The number of carbonyl (C=O) groups excluding carboxylic acids is 1. The number of hydrogen-bond acceptors (Lipinski definition) is 3. The third kappa shape index (κ3) is 4.26. The normalized spacial score (nSPS) is 17.2. The first-order chi connectivity index (χ1) is 8.74. The number of anilines is 1. The van der Waals surface area contributed by atoms with Gasteiger partial charge in [0.15, 0.2) is 5.82 Å². The van der Waals surface area contributed by atoms with Gasteiger partial charge >= 0.3 is 0 Å². The van der Waals surface area contributed by atoms with Crippen molar-refractivity contribution in [2.24, 2.45) is 5.92 Å². The average Bonchev–Trinajstić information content (AvgIpc) is 2.61. The zero-order chi connectivity index (χ0) is 12.8. The summed E-state index contributed by atoms with van der Waals surface area (Å²) in [6, 6.07) is 0. The van der Waals surface area contributed by atoms with Crippen LogP contribution in [0.3, 0.4) is 0 Å². The van der Waals surface area contributed by atoms with E-state index < -0.39 is 0 Å². The van der Waals surface area contributed by atoms with Gasteiger partial charge in [0.1, 0.15) is 5.15 Å². The van der Waals surface area contributed by atoms with Gasteiger partial charge < -0.3 is 5.32 Å². The monoisotopic (exact) mass is 267 g/mol. The molecule has 0 aliphatic heterocycles. The Morgan fingerprint density at radius 3 is 2.56 bits per heavy atom. The van der Waals surface area contributed by atoms with Crippen LogP contribution < -0.4 is 5.32 Å². The van der Waals surface area contributed by atoms with E-state index in [1.54, 1.807) is 0 Å². The molecule has 0 aromatic carbocycles. The molecule has 1 N–H and O–H groups in total. The Morgan fingerprint density at radius 2 is 1.94 bits per heavy atom. The van der Waals surface area contributed by atoms with Crippen LogP contribution in [0.5, 0.6) is 0 Å². The maximum absolute atomic E-state index is 11.9. The molecule has 0 unspecified atom stereocenters. The standard InChI is InChI=1S/C13H18ClN3O/c14-11-8-16-12(9-15-11)17-13(18)7-10-5-3-1-2-4-6-10/h8-10H,1-7H2,(H,16,17,18). The molecule has 0 bridgehead atoms. The van der Waals surface area contributed by atoms with Crippen LogP contribution in [0.1, 0.15) is 44.9 Å². The molecule has 1 fully saturated rings. The summed E-state index contributed by atoms with van der Waals surface area (Å²) in [5.74, 6) is 1.02. The molecule has 1 aromatic heterocycles. The molecule has 1 amide bonds. The predicted octanol–water partition coefficient (Wildman–Crippen LogP) is 3.43. The summed E-state index contributed by atoms with van der Waals surface area (Å²) in [7, 11) is 0. The lowest BCUT2D eigenvalue weighted by Crippen LogP contribution is -2.17. The number of nitrogens with zero attached hydrogens (tertiary/aromatic N) is 2. The van der Waals surface area contributed by atoms with E-state index in [-0.39, 0.29) is 5.91 Å². The maximum atomic E-state index is 11.9. The summed E-state index contributed by atoms with van der Waals surface area (Å²) >= 11 is 5.64. The van der Waals surface area contributed by atoms with Crippen molar-refractivity contribution in [1.29, 1.82) is 0 Å². The summed E-state index contributed by atoms with van der Waals surface area (Å²) in [6.45, 7) is 0. The lowest BCUT2D eigenvalue weighted by atomic mass is 9.96. The molecular weight excluding hydrogens is 250 g/mol. The molecule has 4 nitrogen and oxygen atoms in total. The van der Waals surface area contributed by atoms with Crippen LogP contribution in [-0.2, 0) is 4.79 Å². The van der Waals surface area contributed by atoms with Gasteiger partial charge in [0.25, 0.3) is 0 Å². The number of amides is 1. The predicted molar refractivity (Wildman–Crippen MR) is 71.5 cm³/mol. The molecule has 0 radical (unpaired) electrons. The van der Waals surface area contributed by atoms with E-state index in [9.17, 15) is 4.79 Å². The van der Waals surface area contributed by atoms with Gasteiger partial charge in [-0.05, 0) is 18.8 Å². The number of halogens is 1. The van der Waals surface area contributed by atoms with Crippen LogP contribution in [0.15, 0.2) is 12.4 Å². The van der Waals surface area contributed by atoms with Crippen LogP contribution in [0.4, 0.5) is 5.82 Å². The molecule has 18 heavy (non-hydrogen) atoms. The molecule has 1 saturated carbocycles. The van der Waals surface area contributed by atoms with Crippen LogP contribution in [0, 0.1) is 5.92 Å². The van der Waals surface area contributed by atoms with Gasteiger partial charge in [-0.2, -0.15) is 0 Å². The molecule has 2 rings (SSSR count). The molecular formula is C13H18ClN3O. The Kier molecular flexibility index (Phi) is 4.93. The highest BCUT2D eigenvalue weighted by molar-refractivity contribution is 6.29. The Balaban J connectivity index is 1.82. The van der Waals surface area contributed by atoms with Gasteiger partial charge in [-0.15, -0.1) is 0 Å². The highest BCUT2D eigenvalue weighted by Crippen LogP contribution is 2.25. The topological polar surface area (TPSA) is 54.9 Å². The molecule has 5 heteroatoms. The number of rotatable bonds is 3. The lowest BCUT2D eigenvalue weighted by molar-refractivity contribution is -0.117. The number of hydrogen-bond donors (Lipinski definition) is 1. The minimum absolute atomic E-state index is 0.0264. The summed E-state index contributed by atoms with van der Waals surface area (Å²) < 4.78 is 0. The largest absolute Gasteiger partial charge is 0.309 e. The summed E-state index contributed by atoms with van der Waals surface area (Å²) in [5, 5.41) is 3.10. The molecule has 1 heterocycles. The van der Waals surface area contributed by atoms with E-state index in [2.05, 4.69) is 15.3 Å². The minimum Gasteiger partial charge on any atom is -0.309 e. The van der Waals surface area contributed by atoms with E-state index in [4.69, 9.17) is 11.6 Å². The van der Waals surface area contributed by atoms with Crippen molar-refractivity contribution in [2.75, 3.05) is 5.32 Å². The van der Waals surface area contributed by atoms with Crippen molar-refractivity contribution in [1.82, 2.24) is 9.97 Å². The molecule has 0 saturated heterocycles. The van der Waals surface area contributed by atoms with Crippen LogP contribution in [-0.4, -0.2) is 15.9 Å². The second kappa shape index (κ2) is 6.69. The first-order valence-electron chi connectivity index (χ1n) is 6.51. The summed E-state index contributed by atoms with van der Waals surface area (Å²) in [4.78, 5) is 19.8. The average molecular weight is 268 g/mol. The Morgan fingerprint density at radius 1 is 1.22 bits per heavy atom. The summed E-state index contributed by atoms with van der Waals surface area (Å²) in [6.07, 6.45) is 10.9. The SMILES string of the molecule is O=C(CC1CCCCCC1)Nc1cnc(Cl)cn1. The molecule has 0 spiro atoms. The Hall–Kier alpha value is -1.16. The molecule has 0 atom stereocenters. The molecule has 98 valence electrons. The molecule has 1 aromatic rings. The van der Waals surface area contributed by atoms with Gasteiger partial charge in [-0.25, -0.2) is 9.97 Å².